The molecule has 1 aliphatic carbocycles. The summed E-state index contributed by atoms with van der Waals surface area (Å²) in [5.41, 5.74) is 2.71. The number of methoxy groups -OCH3 is 1. The molecule has 1 saturated heterocycles. The lowest BCUT2D eigenvalue weighted by atomic mass is 9.84. The molecule has 1 heterocycles. The fraction of sp³-hybridized carbons (Fsp3) is 0.478. The van der Waals surface area contributed by atoms with Gasteiger partial charge in [-0.15, -0.1) is 0 Å². The molecule has 0 aromatic heterocycles. The monoisotopic (exact) mass is 429 g/mol. The number of hydrogen-bond donors (Lipinski definition) is 2. The third kappa shape index (κ3) is 4.73. The first-order valence-electron chi connectivity index (χ1n) is 10.8. The van der Waals surface area contributed by atoms with E-state index in [4.69, 9.17) is 4.74 Å². The molecule has 0 unspecified atom stereocenters. The van der Waals surface area contributed by atoms with Crippen LogP contribution in [-0.4, -0.2) is 41.7 Å². The van der Waals surface area contributed by atoms with E-state index >= 15 is 0 Å². The van der Waals surface area contributed by atoms with Crippen LogP contribution in [0.15, 0.2) is 47.4 Å². The third-order valence-corrected chi connectivity index (χ3v) is 7.54. The molecule has 0 amide bonds. The smallest absolute Gasteiger partial charge is 0.261 e. The summed E-state index contributed by atoms with van der Waals surface area (Å²) in [4.78, 5) is 2.40. The number of benzene rings is 2. The molecule has 2 N–H and O–H groups in total. The minimum atomic E-state index is -3.69. The van der Waals surface area contributed by atoms with Crippen LogP contribution in [0, 0.1) is 0 Å². The fourth-order valence-electron chi connectivity index (χ4n) is 4.46. The Hall–Kier alpha value is -2.25. The average Bonchev–Trinajstić information content (AvgIpc) is 2.80. The Balaban J connectivity index is 1.53. The molecule has 0 atom stereocenters. The molecule has 1 aliphatic heterocycles. The van der Waals surface area contributed by atoms with Crippen molar-refractivity contribution in [3.8, 4) is 5.75 Å². The zero-order valence-electron chi connectivity index (χ0n) is 17.6. The summed E-state index contributed by atoms with van der Waals surface area (Å²) >= 11 is 0. The van der Waals surface area contributed by atoms with E-state index in [1.54, 1.807) is 25.3 Å². The zero-order valence-corrected chi connectivity index (χ0v) is 18.4. The molecule has 4 rings (SSSR count). The first-order valence-corrected chi connectivity index (χ1v) is 12.3. The topological polar surface area (TPSA) is 70.7 Å². The molecule has 2 aliphatic rings. The standard InChI is InChI=1S/C23H31N3O3S/c1-29-23-12-11-21(17-22(23)26-15-13-24-14-16-26)30(27,28)25-20-9-7-19(8-10-20)18-5-3-2-4-6-18/h7-12,17-18,24-25H,2-6,13-16H2,1H3. The molecule has 30 heavy (non-hydrogen) atoms. The van der Waals surface area contributed by atoms with Gasteiger partial charge in [0, 0.05) is 31.9 Å². The Bertz CT molecular complexity index is 948. The second kappa shape index (κ2) is 9.27. The van der Waals surface area contributed by atoms with Gasteiger partial charge in [0.1, 0.15) is 5.75 Å². The summed E-state index contributed by atoms with van der Waals surface area (Å²) in [6.07, 6.45) is 6.35. The summed E-state index contributed by atoms with van der Waals surface area (Å²) in [7, 11) is -2.07. The third-order valence-electron chi connectivity index (χ3n) is 6.16. The van der Waals surface area contributed by atoms with Crippen molar-refractivity contribution in [2.24, 2.45) is 0 Å². The van der Waals surface area contributed by atoms with Crippen LogP contribution in [0.1, 0.15) is 43.6 Å². The van der Waals surface area contributed by atoms with Crippen LogP contribution in [0.3, 0.4) is 0 Å². The lowest BCUT2D eigenvalue weighted by Crippen LogP contribution is -2.43. The van der Waals surface area contributed by atoms with Gasteiger partial charge in [0.2, 0.25) is 0 Å². The predicted molar refractivity (Wildman–Crippen MR) is 121 cm³/mol. The summed E-state index contributed by atoms with van der Waals surface area (Å²) in [5, 5.41) is 3.31. The molecule has 7 heteroatoms. The van der Waals surface area contributed by atoms with Gasteiger partial charge in [-0.25, -0.2) is 8.42 Å². The second-order valence-electron chi connectivity index (χ2n) is 8.13. The van der Waals surface area contributed by atoms with Crippen LogP contribution in [0.25, 0.3) is 0 Å². The molecule has 0 radical (unpaired) electrons. The van der Waals surface area contributed by atoms with Crippen molar-refractivity contribution in [1.29, 1.82) is 0 Å². The van der Waals surface area contributed by atoms with E-state index < -0.39 is 10.0 Å². The van der Waals surface area contributed by atoms with Gasteiger partial charge in [0.15, 0.2) is 0 Å². The fourth-order valence-corrected chi connectivity index (χ4v) is 5.54. The summed E-state index contributed by atoms with van der Waals surface area (Å²) in [5.74, 6) is 1.29. The Morgan fingerprint density at radius 3 is 2.37 bits per heavy atom. The van der Waals surface area contributed by atoms with Crippen molar-refractivity contribution in [1.82, 2.24) is 5.32 Å². The van der Waals surface area contributed by atoms with Crippen molar-refractivity contribution in [2.75, 3.05) is 42.9 Å². The van der Waals surface area contributed by atoms with Crippen molar-refractivity contribution >= 4 is 21.4 Å². The first-order chi connectivity index (χ1) is 14.6. The van der Waals surface area contributed by atoms with Crippen LogP contribution >= 0.6 is 0 Å². The van der Waals surface area contributed by atoms with Gasteiger partial charge < -0.3 is 15.0 Å². The van der Waals surface area contributed by atoms with Gasteiger partial charge in [-0.2, -0.15) is 0 Å². The Morgan fingerprint density at radius 1 is 1.00 bits per heavy atom. The molecule has 0 spiro atoms. The first kappa shape index (κ1) is 21.0. The minimum absolute atomic E-state index is 0.244. The predicted octanol–water partition coefficient (Wildman–Crippen LogP) is 3.95. The maximum Gasteiger partial charge on any atom is 0.261 e. The van der Waals surface area contributed by atoms with E-state index in [1.165, 1.54) is 37.7 Å². The van der Waals surface area contributed by atoms with E-state index in [1.807, 2.05) is 12.1 Å². The van der Waals surface area contributed by atoms with Gasteiger partial charge in [-0.3, -0.25) is 4.72 Å². The summed E-state index contributed by atoms with van der Waals surface area (Å²) < 4.78 is 34.3. The Labute approximate surface area is 179 Å². The van der Waals surface area contributed by atoms with Crippen molar-refractivity contribution < 1.29 is 13.2 Å². The van der Waals surface area contributed by atoms with Crippen LogP contribution in [0.4, 0.5) is 11.4 Å². The van der Waals surface area contributed by atoms with Crippen LogP contribution in [0.2, 0.25) is 0 Å². The molecule has 0 bridgehead atoms. The van der Waals surface area contributed by atoms with Gasteiger partial charge in [0.05, 0.1) is 17.7 Å². The number of piperazine rings is 1. The van der Waals surface area contributed by atoms with Gasteiger partial charge in [-0.05, 0) is 54.7 Å². The van der Waals surface area contributed by atoms with Crippen LogP contribution in [-0.2, 0) is 10.0 Å². The van der Waals surface area contributed by atoms with E-state index in [2.05, 4.69) is 27.1 Å². The highest BCUT2D eigenvalue weighted by Crippen LogP contribution is 2.34. The number of nitrogens with one attached hydrogen (secondary N) is 2. The lowest BCUT2D eigenvalue weighted by Gasteiger charge is -2.30. The minimum Gasteiger partial charge on any atom is -0.495 e. The number of hydrogen-bond acceptors (Lipinski definition) is 5. The molecule has 1 saturated carbocycles. The quantitative estimate of drug-likeness (QED) is 0.728. The van der Waals surface area contributed by atoms with Gasteiger partial charge >= 0.3 is 0 Å². The number of sulfonamides is 1. The molecule has 6 nitrogen and oxygen atoms in total. The Morgan fingerprint density at radius 2 is 1.70 bits per heavy atom. The molecular weight excluding hydrogens is 398 g/mol. The largest absolute Gasteiger partial charge is 0.495 e. The van der Waals surface area contributed by atoms with E-state index in [0.29, 0.717) is 17.4 Å². The molecule has 2 aromatic rings. The van der Waals surface area contributed by atoms with E-state index in [0.717, 1.165) is 31.9 Å². The van der Waals surface area contributed by atoms with E-state index in [-0.39, 0.29) is 4.90 Å². The molecule has 162 valence electrons. The van der Waals surface area contributed by atoms with Crippen LogP contribution in [0.5, 0.6) is 5.75 Å². The van der Waals surface area contributed by atoms with Gasteiger partial charge in [-0.1, -0.05) is 31.4 Å². The van der Waals surface area contributed by atoms with E-state index in [9.17, 15) is 8.42 Å². The van der Waals surface area contributed by atoms with Crippen molar-refractivity contribution in [3.63, 3.8) is 0 Å². The molecule has 2 aromatic carbocycles. The number of ether oxygens (including phenoxy) is 1. The maximum absolute atomic E-state index is 13.0. The van der Waals surface area contributed by atoms with Crippen molar-refractivity contribution in [3.05, 3.63) is 48.0 Å². The average molecular weight is 430 g/mol. The molecular formula is C23H31N3O3S. The highest BCUT2D eigenvalue weighted by Gasteiger charge is 2.21. The highest BCUT2D eigenvalue weighted by atomic mass is 32.2. The summed E-state index contributed by atoms with van der Waals surface area (Å²) in [6, 6.07) is 12.9. The van der Waals surface area contributed by atoms with Gasteiger partial charge in [0.25, 0.3) is 10.0 Å². The lowest BCUT2D eigenvalue weighted by molar-refractivity contribution is 0.412. The Kier molecular flexibility index (Phi) is 6.49. The molecule has 2 fully saturated rings. The van der Waals surface area contributed by atoms with Crippen LogP contribution < -0.4 is 19.7 Å². The summed E-state index contributed by atoms with van der Waals surface area (Å²) in [6.45, 7) is 3.36. The second-order valence-corrected chi connectivity index (χ2v) is 9.82. The zero-order chi connectivity index (χ0) is 21.0. The number of rotatable bonds is 6. The normalized spacial score (nSPS) is 18.2. The number of nitrogens with zero attached hydrogens (tertiary/aromatic N) is 1. The number of anilines is 2. The maximum atomic E-state index is 13.0. The SMILES string of the molecule is COc1ccc(S(=O)(=O)Nc2ccc(C3CCCCC3)cc2)cc1N1CCNCC1. The highest BCUT2D eigenvalue weighted by molar-refractivity contribution is 7.92. The van der Waals surface area contributed by atoms with Crippen molar-refractivity contribution in [2.45, 2.75) is 42.9 Å².